The molecule has 1 unspecified atom stereocenters. The van der Waals surface area contributed by atoms with Gasteiger partial charge in [0.2, 0.25) is 0 Å². The van der Waals surface area contributed by atoms with E-state index in [-0.39, 0.29) is 22.7 Å². The van der Waals surface area contributed by atoms with Crippen LogP contribution >= 0.6 is 11.3 Å². The Kier molecular flexibility index (Phi) is 8.46. The Labute approximate surface area is 270 Å². The van der Waals surface area contributed by atoms with Gasteiger partial charge in [0, 0.05) is 16.8 Å². The monoisotopic (exact) mass is 624 g/mol. The SMILES string of the molecule is COC(=O)C1=C(C(=O)OC)N(c2cccc(-c3nc(-c4ccccc4)c(-c4ccccc4)s3)c2)C(N)=C(C#N)C1c1ccccc1. The zero-order valence-electron chi connectivity index (χ0n) is 25.0. The molecule has 0 aliphatic carbocycles. The second kappa shape index (κ2) is 12.9. The lowest BCUT2D eigenvalue weighted by molar-refractivity contribution is -0.139. The molecule has 1 aromatic heterocycles. The average molecular weight is 625 g/mol. The molecule has 0 saturated heterocycles. The minimum Gasteiger partial charge on any atom is -0.466 e. The van der Waals surface area contributed by atoms with Gasteiger partial charge in [-0.1, -0.05) is 103 Å². The molecule has 0 saturated carbocycles. The number of allylic oxidation sites excluding steroid dienone is 1. The van der Waals surface area contributed by atoms with Crippen molar-refractivity contribution in [3.05, 3.63) is 143 Å². The van der Waals surface area contributed by atoms with Crippen molar-refractivity contribution < 1.29 is 19.1 Å². The highest BCUT2D eigenvalue weighted by Gasteiger charge is 2.43. The number of nitriles is 1. The summed E-state index contributed by atoms with van der Waals surface area (Å²) in [6, 6.07) is 38.4. The highest BCUT2D eigenvalue weighted by atomic mass is 32.1. The summed E-state index contributed by atoms with van der Waals surface area (Å²) < 4.78 is 10.3. The molecule has 1 aliphatic rings. The number of benzene rings is 4. The minimum atomic E-state index is -0.951. The maximum atomic E-state index is 13.5. The Hall–Kier alpha value is -5.98. The Bertz CT molecular complexity index is 1970. The van der Waals surface area contributed by atoms with E-state index in [4.69, 9.17) is 20.2 Å². The normalized spacial score (nSPS) is 14.5. The third-order valence-electron chi connectivity index (χ3n) is 7.67. The van der Waals surface area contributed by atoms with E-state index in [1.807, 2.05) is 84.9 Å². The van der Waals surface area contributed by atoms with Crippen LogP contribution in [0.25, 0.3) is 32.3 Å². The third-order valence-corrected chi connectivity index (χ3v) is 8.83. The molecule has 46 heavy (non-hydrogen) atoms. The van der Waals surface area contributed by atoms with Gasteiger partial charge in [-0.25, -0.2) is 14.6 Å². The Balaban J connectivity index is 1.55. The summed E-state index contributed by atoms with van der Waals surface area (Å²) in [4.78, 5) is 34.4. The van der Waals surface area contributed by atoms with Gasteiger partial charge in [0.05, 0.1) is 47.9 Å². The minimum absolute atomic E-state index is 0.00403. The molecule has 0 fully saturated rings. The van der Waals surface area contributed by atoms with Crippen LogP contribution in [0, 0.1) is 11.3 Å². The molecule has 0 bridgehead atoms. The predicted molar refractivity (Wildman–Crippen MR) is 178 cm³/mol. The molecular formula is C37H28N4O4S. The van der Waals surface area contributed by atoms with Gasteiger partial charge in [0.1, 0.15) is 16.5 Å². The van der Waals surface area contributed by atoms with Crippen LogP contribution in [-0.2, 0) is 19.1 Å². The maximum Gasteiger partial charge on any atom is 0.355 e. The highest BCUT2D eigenvalue weighted by molar-refractivity contribution is 7.19. The summed E-state index contributed by atoms with van der Waals surface area (Å²) in [6.07, 6.45) is 0. The molecule has 2 heterocycles. The maximum absolute atomic E-state index is 13.5. The van der Waals surface area contributed by atoms with Crippen molar-refractivity contribution in [1.82, 2.24) is 4.98 Å². The van der Waals surface area contributed by atoms with E-state index >= 15 is 0 Å². The number of aromatic nitrogens is 1. The van der Waals surface area contributed by atoms with Crippen LogP contribution < -0.4 is 10.6 Å². The van der Waals surface area contributed by atoms with Crippen molar-refractivity contribution >= 4 is 29.0 Å². The molecule has 0 amide bonds. The van der Waals surface area contributed by atoms with Crippen molar-refractivity contribution in [2.24, 2.45) is 5.73 Å². The number of hydrogen-bond donors (Lipinski definition) is 1. The van der Waals surface area contributed by atoms with Crippen molar-refractivity contribution in [1.29, 1.82) is 5.26 Å². The summed E-state index contributed by atoms with van der Waals surface area (Å²) in [6.45, 7) is 0. The lowest BCUT2D eigenvalue weighted by atomic mass is 9.81. The van der Waals surface area contributed by atoms with E-state index in [0.717, 1.165) is 32.3 Å². The van der Waals surface area contributed by atoms with Crippen LogP contribution in [0.5, 0.6) is 0 Å². The molecule has 1 atom stereocenters. The fourth-order valence-corrected chi connectivity index (χ4v) is 6.67. The quantitative estimate of drug-likeness (QED) is 0.192. The topological polar surface area (TPSA) is 119 Å². The first-order valence-electron chi connectivity index (χ1n) is 14.3. The number of methoxy groups -OCH3 is 2. The predicted octanol–water partition coefficient (Wildman–Crippen LogP) is 7.04. The number of nitrogens with zero attached hydrogens (tertiary/aromatic N) is 3. The number of nitrogens with two attached hydrogens (primary N) is 1. The van der Waals surface area contributed by atoms with Gasteiger partial charge in [-0.15, -0.1) is 11.3 Å². The van der Waals surface area contributed by atoms with Crippen molar-refractivity contribution in [2.75, 3.05) is 19.1 Å². The number of thiazole rings is 1. The molecule has 1 aliphatic heterocycles. The number of ether oxygens (including phenoxy) is 2. The summed E-state index contributed by atoms with van der Waals surface area (Å²) >= 11 is 1.54. The molecule has 226 valence electrons. The smallest absolute Gasteiger partial charge is 0.355 e. The van der Waals surface area contributed by atoms with Gasteiger partial charge in [0.25, 0.3) is 0 Å². The molecule has 6 rings (SSSR count). The van der Waals surface area contributed by atoms with Gasteiger partial charge < -0.3 is 15.2 Å². The van der Waals surface area contributed by atoms with Gasteiger partial charge >= 0.3 is 11.9 Å². The zero-order valence-corrected chi connectivity index (χ0v) is 25.8. The summed E-state index contributed by atoms with van der Waals surface area (Å²) in [5.74, 6) is -2.54. The third kappa shape index (κ3) is 5.42. The van der Waals surface area contributed by atoms with Crippen LogP contribution in [0.3, 0.4) is 0 Å². The Morgan fingerprint density at radius 3 is 2.00 bits per heavy atom. The molecule has 9 heteroatoms. The second-order valence-electron chi connectivity index (χ2n) is 10.3. The van der Waals surface area contributed by atoms with Crippen molar-refractivity contribution in [2.45, 2.75) is 5.92 Å². The standard InChI is InChI=1S/C37H28N4O4S/c1-44-36(42)30-29(23-13-6-3-7-14-23)28(22-38)34(39)41(32(30)37(43)45-2)27-20-12-19-26(21-27)35-40-31(24-15-8-4-9-16-24)33(46-35)25-17-10-5-11-18-25/h3-21,29H,39H2,1-2H3. The van der Waals surface area contributed by atoms with Crippen LogP contribution in [0.15, 0.2) is 138 Å². The molecular weight excluding hydrogens is 596 g/mol. The lowest BCUT2D eigenvalue weighted by Gasteiger charge is -2.36. The van der Waals surface area contributed by atoms with Crippen LogP contribution in [0.1, 0.15) is 11.5 Å². The first kappa shape index (κ1) is 30.1. The summed E-state index contributed by atoms with van der Waals surface area (Å²) in [5, 5.41) is 11.1. The first-order chi connectivity index (χ1) is 22.5. The fraction of sp³-hybridized carbons (Fsp3) is 0.0811. The number of carbonyl (C=O) groups excluding carboxylic acids is 2. The molecule has 0 spiro atoms. The number of anilines is 1. The molecule has 5 aromatic rings. The van der Waals surface area contributed by atoms with Crippen LogP contribution in [-0.4, -0.2) is 31.1 Å². The second-order valence-corrected chi connectivity index (χ2v) is 11.3. The number of esters is 2. The highest BCUT2D eigenvalue weighted by Crippen LogP contribution is 2.45. The fourth-order valence-electron chi connectivity index (χ4n) is 5.58. The Morgan fingerprint density at radius 1 is 0.804 bits per heavy atom. The Morgan fingerprint density at radius 2 is 1.39 bits per heavy atom. The van der Waals surface area contributed by atoms with E-state index in [0.29, 0.717) is 11.3 Å². The van der Waals surface area contributed by atoms with E-state index in [1.165, 1.54) is 30.5 Å². The molecule has 0 radical (unpaired) electrons. The lowest BCUT2D eigenvalue weighted by Crippen LogP contribution is -2.40. The molecule has 8 nitrogen and oxygen atoms in total. The number of hydrogen-bond acceptors (Lipinski definition) is 9. The molecule has 4 aromatic carbocycles. The van der Waals surface area contributed by atoms with E-state index in [1.54, 1.807) is 30.3 Å². The van der Waals surface area contributed by atoms with Crippen LogP contribution in [0.2, 0.25) is 0 Å². The number of carbonyl (C=O) groups is 2. The van der Waals surface area contributed by atoms with Crippen molar-refractivity contribution in [3.8, 4) is 38.3 Å². The van der Waals surface area contributed by atoms with E-state index < -0.39 is 17.9 Å². The first-order valence-corrected chi connectivity index (χ1v) is 15.2. The zero-order chi connectivity index (χ0) is 32.2. The average Bonchev–Trinajstić information content (AvgIpc) is 3.57. The summed E-state index contributed by atoms with van der Waals surface area (Å²) in [5.41, 5.74) is 11.3. The van der Waals surface area contributed by atoms with Gasteiger partial charge in [-0.3, -0.25) is 4.90 Å². The van der Waals surface area contributed by atoms with Gasteiger partial charge in [0.15, 0.2) is 0 Å². The molecule has 2 N–H and O–H groups in total. The summed E-state index contributed by atoms with van der Waals surface area (Å²) in [7, 11) is 2.45. The largest absolute Gasteiger partial charge is 0.466 e. The van der Waals surface area contributed by atoms with Gasteiger partial charge in [-0.05, 0) is 23.3 Å². The van der Waals surface area contributed by atoms with Gasteiger partial charge in [-0.2, -0.15) is 5.26 Å². The van der Waals surface area contributed by atoms with E-state index in [9.17, 15) is 14.9 Å². The van der Waals surface area contributed by atoms with Crippen LogP contribution in [0.4, 0.5) is 5.69 Å². The van der Waals surface area contributed by atoms with E-state index in [2.05, 4.69) is 6.07 Å². The van der Waals surface area contributed by atoms with Crippen molar-refractivity contribution in [3.63, 3.8) is 0 Å². The number of rotatable bonds is 7.